The predicted molar refractivity (Wildman–Crippen MR) is 57.5 cm³/mol. The molecular formula is C13H14O. The molecule has 1 aliphatic rings. The Morgan fingerprint density at radius 3 is 2.64 bits per heavy atom. The molecule has 72 valence electrons. The zero-order valence-electron chi connectivity index (χ0n) is 8.63. The van der Waals surface area contributed by atoms with Crippen molar-refractivity contribution >= 4 is 0 Å². The topological polar surface area (TPSA) is 9.23 Å². The molecule has 0 aliphatic heterocycles. The third-order valence-corrected chi connectivity index (χ3v) is 2.96. The molecule has 0 heterocycles. The highest BCUT2D eigenvalue weighted by molar-refractivity contribution is 5.52. The van der Waals surface area contributed by atoms with Crippen LogP contribution in [-0.2, 0) is 5.41 Å². The Hall–Kier alpha value is -1.42. The first-order valence-electron chi connectivity index (χ1n) is 4.85. The van der Waals surface area contributed by atoms with E-state index in [-0.39, 0.29) is 5.41 Å². The number of para-hydroxylation sites is 1. The molecule has 14 heavy (non-hydrogen) atoms. The van der Waals surface area contributed by atoms with E-state index in [1.54, 1.807) is 7.11 Å². The molecule has 1 heteroatoms. The third kappa shape index (κ3) is 1.19. The van der Waals surface area contributed by atoms with Crippen LogP contribution in [0, 0.1) is 19.3 Å². The summed E-state index contributed by atoms with van der Waals surface area (Å²) in [6, 6.07) is 6.18. The lowest BCUT2D eigenvalue weighted by molar-refractivity contribution is 0.404. The molecular weight excluding hydrogens is 172 g/mol. The van der Waals surface area contributed by atoms with E-state index in [4.69, 9.17) is 11.2 Å². The zero-order chi connectivity index (χ0) is 10.2. The number of methoxy groups -OCH3 is 1. The fraction of sp³-hybridized carbons (Fsp3) is 0.385. The Kier molecular flexibility index (Phi) is 2.00. The number of ether oxygens (including phenoxy) is 1. The predicted octanol–water partition coefficient (Wildman–Crippen LogP) is 2.67. The Morgan fingerprint density at radius 1 is 1.43 bits per heavy atom. The molecule has 0 aromatic heterocycles. The Bertz CT molecular complexity index is 394. The number of hydrogen-bond acceptors (Lipinski definition) is 1. The second kappa shape index (κ2) is 3.06. The van der Waals surface area contributed by atoms with Gasteiger partial charge in [0.1, 0.15) is 5.75 Å². The number of terminal acetylenes is 1. The zero-order valence-corrected chi connectivity index (χ0v) is 8.63. The molecule has 0 spiro atoms. The Morgan fingerprint density at radius 2 is 2.14 bits per heavy atom. The van der Waals surface area contributed by atoms with Crippen molar-refractivity contribution in [3.05, 3.63) is 29.3 Å². The number of rotatable bonds is 2. The smallest absolute Gasteiger partial charge is 0.126 e. The first kappa shape index (κ1) is 9.15. The summed E-state index contributed by atoms with van der Waals surface area (Å²) in [5.74, 6) is 3.85. The van der Waals surface area contributed by atoms with Gasteiger partial charge in [-0.2, -0.15) is 0 Å². The van der Waals surface area contributed by atoms with E-state index < -0.39 is 0 Å². The van der Waals surface area contributed by atoms with Crippen LogP contribution in [0.1, 0.15) is 24.0 Å². The van der Waals surface area contributed by atoms with Gasteiger partial charge in [0.05, 0.1) is 12.5 Å². The van der Waals surface area contributed by atoms with Gasteiger partial charge in [-0.15, -0.1) is 6.42 Å². The molecule has 2 rings (SSSR count). The fourth-order valence-corrected chi connectivity index (χ4v) is 1.92. The summed E-state index contributed by atoms with van der Waals surface area (Å²) >= 11 is 0. The first-order chi connectivity index (χ1) is 6.73. The lowest BCUT2D eigenvalue weighted by Gasteiger charge is -2.15. The van der Waals surface area contributed by atoms with Gasteiger partial charge >= 0.3 is 0 Å². The first-order valence-corrected chi connectivity index (χ1v) is 4.85. The largest absolute Gasteiger partial charge is 0.496 e. The van der Waals surface area contributed by atoms with E-state index in [0.717, 1.165) is 24.2 Å². The summed E-state index contributed by atoms with van der Waals surface area (Å²) in [6.07, 6.45) is 7.74. The van der Waals surface area contributed by atoms with Gasteiger partial charge in [-0.25, -0.2) is 0 Å². The highest BCUT2D eigenvalue weighted by atomic mass is 16.5. The van der Waals surface area contributed by atoms with Crippen LogP contribution >= 0.6 is 0 Å². The van der Waals surface area contributed by atoms with Gasteiger partial charge in [-0.1, -0.05) is 24.1 Å². The molecule has 0 bridgehead atoms. The van der Waals surface area contributed by atoms with Crippen molar-refractivity contribution in [1.29, 1.82) is 0 Å². The van der Waals surface area contributed by atoms with Crippen molar-refractivity contribution in [3.8, 4) is 18.1 Å². The third-order valence-electron chi connectivity index (χ3n) is 2.96. The summed E-state index contributed by atoms with van der Waals surface area (Å²) in [5, 5.41) is 0. The minimum Gasteiger partial charge on any atom is -0.496 e. The number of hydrogen-bond donors (Lipinski definition) is 0. The summed E-state index contributed by atoms with van der Waals surface area (Å²) in [6.45, 7) is 2.05. The van der Waals surface area contributed by atoms with Crippen molar-refractivity contribution in [1.82, 2.24) is 0 Å². The molecule has 0 radical (unpaired) electrons. The molecule has 0 N–H and O–H groups in total. The average molecular weight is 186 g/mol. The normalized spacial score (nSPS) is 17.2. The summed E-state index contributed by atoms with van der Waals surface area (Å²) in [5.41, 5.74) is 2.31. The van der Waals surface area contributed by atoms with Crippen LogP contribution in [0.3, 0.4) is 0 Å². The second-order valence-corrected chi connectivity index (χ2v) is 3.88. The number of aryl methyl sites for hydroxylation is 1. The van der Waals surface area contributed by atoms with Gasteiger partial charge in [-0.05, 0) is 25.3 Å². The minimum absolute atomic E-state index is 0.0304. The van der Waals surface area contributed by atoms with Crippen molar-refractivity contribution in [2.75, 3.05) is 7.11 Å². The summed E-state index contributed by atoms with van der Waals surface area (Å²) in [7, 11) is 1.71. The van der Waals surface area contributed by atoms with Crippen molar-refractivity contribution in [2.45, 2.75) is 25.2 Å². The van der Waals surface area contributed by atoms with Gasteiger partial charge in [-0.3, -0.25) is 0 Å². The summed E-state index contributed by atoms with van der Waals surface area (Å²) in [4.78, 5) is 0. The van der Waals surface area contributed by atoms with E-state index in [2.05, 4.69) is 25.0 Å². The maximum Gasteiger partial charge on any atom is 0.126 e. The molecule has 1 saturated carbocycles. The van der Waals surface area contributed by atoms with Gasteiger partial charge in [0.2, 0.25) is 0 Å². The monoisotopic (exact) mass is 186 g/mol. The maximum atomic E-state index is 5.57. The number of benzene rings is 1. The summed E-state index contributed by atoms with van der Waals surface area (Å²) < 4.78 is 5.41. The quantitative estimate of drug-likeness (QED) is 0.645. The minimum atomic E-state index is -0.0304. The second-order valence-electron chi connectivity index (χ2n) is 3.88. The van der Waals surface area contributed by atoms with Crippen LogP contribution in [0.25, 0.3) is 0 Å². The molecule has 0 amide bonds. The SMILES string of the molecule is C#CC1(c2cccc(C)c2OC)CC1. The molecule has 0 unspecified atom stereocenters. The molecule has 0 atom stereocenters. The van der Waals surface area contributed by atoms with E-state index in [9.17, 15) is 0 Å². The van der Waals surface area contributed by atoms with Crippen molar-refractivity contribution in [2.24, 2.45) is 0 Å². The molecule has 0 saturated heterocycles. The molecule has 1 fully saturated rings. The molecule has 1 aromatic rings. The van der Waals surface area contributed by atoms with Gasteiger partial charge in [0, 0.05) is 5.56 Å². The van der Waals surface area contributed by atoms with Gasteiger partial charge < -0.3 is 4.74 Å². The van der Waals surface area contributed by atoms with Gasteiger partial charge in [0.25, 0.3) is 0 Å². The van der Waals surface area contributed by atoms with Crippen molar-refractivity contribution < 1.29 is 4.74 Å². The highest BCUT2D eigenvalue weighted by Crippen LogP contribution is 2.51. The lowest BCUT2D eigenvalue weighted by atomic mass is 9.94. The highest BCUT2D eigenvalue weighted by Gasteiger charge is 2.44. The van der Waals surface area contributed by atoms with Crippen LogP contribution in [-0.4, -0.2) is 7.11 Å². The Balaban J connectivity index is 2.54. The van der Waals surface area contributed by atoms with Gasteiger partial charge in [0.15, 0.2) is 0 Å². The standard InChI is InChI=1S/C13H14O/c1-4-13(8-9-13)11-7-5-6-10(2)12(11)14-3/h1,5-7H,8-9H2,2-3H3. The van der Waals surface area contributed by atoms with E-state index in [0.29, 0.717) is 0 Å². The van der Waals surface area contributed by atoms with Crippen LogP contribution in [0.4, 0.5) is 0 Å². The average Bonchev–Trinajstić information content (AvgIpc) is 2.98. The Labute approximate surface area is 85.1 Å². The molecule has 1 aliphatic carbocycles. The fourth-order valence-electron chi connectivity index (χ4n) is 1.92. The van der Waals surface area contributed by atoms with Crippen molar-refractivity contribution in [3.63, 3.8) is 0 Å². The maximum absolute atomic E-state index is 5.57. The van der Waals surface area contributed by atoms with Crippen LogP contribution in [0.2, 0.25) is 0 Å². The van der Waals surface area contributed by atoms with E-state index in [1.807, 2.05) is 6.07 Å². The van der Waals surface area contributed by atoms with Crippen LogP contribution < -0.4 is 4.74 Å². The van der Waals surface area contributed by atoms with Crippen LogP contribution in [0.5, 0.6) is 5.75 Å². The lowest BCUT2D eigenvalue weighted by Crippen LogP contribution is -2.06. The molecule has 1 nitrogen and oxygen atoms in total. The molecule has 1 aromatic carbocycles. The van der Waals surface area contributed by atoms with E-state index >= 15 is 0 Å². The van der Waals surface area contributed by atoms with E-state index in [1.165, 1.54) is 5.56 Å². The van der Waals surface area contributed by atoms with Crippen LogP contribution in [0.15, 0.2) is 18.2 Å².